The Morgan fingerprint density at radius 1 is 1.11 bits per heavy atom. The molecular formula is C29H39Cl2NO3Si. The van der Waals surface area contributed by atoms with E-state index in [2.05, 4.69) is 47.4 Å². The SMILES string of the molecule is C=CC[C@H]1O[C@H](c2cccc(Cl)c2)[C@@H](c2ccc(Cl)cc2)N([C@@H](CC)CO[Si](C)(C)C(C)(C)C)C1=O. The molecule has 2 aromatic carbocycles. The number of ether oxygens (including phenoxy) is 1. The molecule has 36 heavy (non-hydrogen) atoms. The third-order valence-electron chi connectivity index (χ3n) is 7.50. The lowest BCUT2D eigenvalue weighted by Crippen LogP contribution is -2.56. The van der Waals surface area contributed by atoms with E-state index >= 15 is 0 Å². The van der Waals surface area contributed by atoms with E-state index < -0.39 is 20.5 Å². The summed E-state index contributed by atoms with van der Waals surface area (Å²) in [6.45, 7) is 17.6. The summed E-state index contributed by atoms with van der Waals surface area (Å²) in [5, 5.41) is 1.35. The number of halogens is 2. The largest absolute Gasteiger partial charge is 0.415 e. The lowest BCUT2D eigenvalue weighted by atomic mass is 9.89. The predicted octanol–water partition coefficient (Wildman–Crippen LogP) is 8.38. The summed E-state index contributed by atoms with van der Waals surface area (Å²) in [5.41, 5.74) is 1.88. The Morgan fingerprint density at radius 2 is 1.78 bits per heavy atom. The van der Waals surface area contributed by atoms with E-state index in [4.69, 9.17) is 32.4 Å². The maximum atomic E-state index is 14.0. The number of hydrogen-bond acceptors (Lipinski definition) is 3. The van der Waals surface area contributed by atoms with Crippen LogP contribution in [0, 0.1) is 0 Å². The van der Waals surface area contributed by atoms with Gasteiger partial charge in [0.25, 0.3) is 5.91 Å². The fraction of sp³-hybridized carbons (Fsp3) is 0.483. The van der Waals surface area contributed by atoms with Gasteiger partial charge in [0, 0.05) is 16.5 Å². The summed E-state index contributed by atoms with van der Waals surface area (Å²) in [6.07, 6.45) is 1.89. The molecule has 1 heterocycles. The summed E-state index contributed by atoms with van der Waals surface area (Å²) >= 11 is 12.6. The van der Waals surface area contributed by atoms with Crippen LogP contribution in [-0.2, 0) is 14.0 Å². The fourth-order valence-corrected chi connectivity index (χ4v) is 5.70. The second kappa shape index (κ2) is 11.8. The highest BCUT2D eigenvalue weighted by molar-refractivity contribution is 6.74. The number of nitrogens with zero attached hydrogens (tertiary/aromatic N) is 1. The first-order valence-electron chi connectivity index (χ1n) is 12.6. The van der Waals surface area contributed by atoms with Gasteiger partial charge in [0.2, 0.25) is 0 Å². The topological polar surface area (TPSA) is 38.8 Å². The zero-order valence-corrected chi connectivity index (χ0v) is 24.8. The first kappa shape index (κ1) is 28.9. The van der Waals surface area contributed by atoms with Gasteiger partial charge in [-0.3, -0.25) is 4.79 Å². The molecule has 1 saturated heterocycles. The van der Waals surface area contributed by atoms with Crippen molar-refractivity contribution in [2.24, 2.45) is 0 Å². The maximum Gasteiger partial charge on any atom is 0.253 e. The molecule has 0 radical (unpaired) electrons. The molecule has 3 rings (SSSR count). The molecule has 2 aromatic rings. The van der Waals surface area contributed by atoms with Gasteiger partial charge in [0.1, 0.15) is 12.2 Å². The second-order valence-corrected chi connectivity index (χ2v) is 16.7. The third kappa shape index (κ3) is 6.43. The van der Waals surface area contributed by atoms with E-state index in [1.54, 1.807) is 6.08 Å². The van der Waals surface area contributed by atoms with Crippen LogP contribution in [0.3, 0.4) is 0 Å². The molecule has 4 atom stereocenters. The Morgan fingerprint density at radius 3 is 2.33 bits per heavy atom. The van der Waals surface area contributed by atoms with Crippen molar-refractivity contribution in [2.75, 3.05) is 6.61 Å². The lowest BCUT2D eigenvalue weighted by Gasteiger charge is -2.49. The van der Waals surface area contributed by atoms with Crippen molar-refractivity contribution in [3.05, 3.63) is 82.4 Å². The van der Waals surface area contributed by atoms with Crippen LogP contribution in [-0.4, -0.2) is 37.9 Å². The molecule has 7 heteroatoms. The van der Waals surface area contributed by atoms with Crippen LogP contribution >= 0.6 is 23.2 Å². The van der Waals surface area contributed by atoms with Gasteiger partial charge in [0.05, 0.1) is 18.7 Å². The van der Waals surface area contributed by atoms with Gasteiger partial charge in [-0.2, -0.15) is 0 Å². The zero-order valence-electron chi connectivity index (χ0n) is 22.3. The van der Waals surface area contributed by atoms with Crippen molar-refractivity contribution in [1.82, 2.24) is 4.90 Å². The van der Waals surface area contributed by atoms with Crippen molar-refractivity contribution >= 4 is 37.4 Å². The minimum atomic E-state index is -2.02. The van der Waals surface area contributed by atoms with Crippen LogP contribution in [0.2, 0.25) is 28.2 Å². The van der Waals surface area contributed by atoms with Crippen molar-refractivity contribution in [3.63, 3.8) is 0 Å². The highest BCUT2D eigenvalue weighted by atomic mass is 35.5. The first-order valence-corrected chi connectivity index (χ1v) is 16.3. The van der Waals surface area contributed by atoms with Crippen molar-refractivity contribution in [3.8, 4) is 0 Å². The standard InChI is InChI=1S/C29H39Cl2NO3Si/c1-8-11-25-28(33)32(24(9-2)19-34-36(6,7)29(3,4)5)26(20-14-16-22(30)17-15-20)27(35-25)21-12-10-13-23(31)18-21/h8,10,12-18,24-27H,1,9,11,19H2,2-7H3/t24-,25+,26+,27+/m0/s1. The Kier molecular flexibility index (Phi) is 9.50. The number of carbonyl (C=O) groups excluding carboxylic acids is 1. The highest BCUT2D eigenvalue weighted by Gasteiger charge is 2.47. The second-order valence-electron chi connectivity index (χ2n) is 11.0. The van der Waals surface area contributed by atoms with Crippen LogP contribution in [0.25, 0.3) is 0 Å². The normalized spacial score (nSPS) is 21.9. The van der Waals surface area contributed by atoms with Crippen LogP contribution in [0.4, 0.5) is 0 Å². The molecule has 196 valence electrons. The van der Waals surface area contributed by atoms with Gasteiger partial charge in [0.15, 0.2) is 8.32 Å². The average Bonchev–Trinajstić information content (AvgIpc) is 2.81. The Labute approximate surface area is 227 Å². The number of hydrogen-bond donors (Lipinski definition) is 0. The molecule has 0 aromatic heterocycles. The summed E-state index contributed by atoms with van der Waals surface area (Å²) in [6, 6.07) is 14.9. The lowest BCUT2D eigenvalue weighted by molar-refractivity contribution is -0.180. The molecule has 1 aliphatic rings. The van der Waals surface area contributed by atoms with Gasteiger partial charge < -0.3 is 14.1 Å². The first-order chi connectivity index (χ1) is 16.9. The quantitative estimate of drug-likeness (QED) is 0.233. The average molecular weight is 549 g/mol. The Balaban J connectivity index is 2.11. The molecule has 0 aliphatic carbocycles. The van der Waals surface area contributed by atoms with Crippen LogP contribution in [0.15, 0.2) is 61.2 Å². The van der Waals surface area contributed by atoms with Crippen molar-refractivity contribution < 1.29 is 14.0 Å². The minimum Gasteiger partial charge on any atom is -0.415 e. The third-order valence-corrected chi connectivity index (χ3v) is 12.5. The van der Waals surface area contributed by atoms with Gasteiger partial charge in [-0.25, -0.2) is 0 Å². The smallest absolute Gasteiger partial charge is 0.253 e. The highest BCUT2D eigenvalue weighted by Crippen LogP contribution is 2.45. The van der Waals surface area contributed by atoms with Crippen LogP contribution < -0.4 is 0 Å². The zero-order chi connectivity index (χ0) is 26.7. The molecule has 4 nitrogen and oxygen atoms in total. The van der Waals surface area contributed by atoms with Gasteiger partial charge in [-0.15, -0.1) is 6.58 Å². The number of morpholine rings is 1. The van der Waals surface area contributed by atoms with Gasteiger partial charge in [-0.1, -0.05) is 81.2 Å². The molecule has 1 aliphatic heterocycles. The molecule has 0 N–H and O–H groups in total. The molecule has 0 unspecified atom stereocenters. The van der Waals surface area contributed by atoms with E-state index in [-0.39, 0.29) is 23.0 Å². The van der Waals surface area contributed by atoms with Crippen molar-refractivity contribution in [1.29, 1.82) is 0 Å². The monoisotopic (exact) mass is 547 g/mol. The number of rotatable bonds is 9. The molecule has 0 spiro atoms. The molecule has 1 fully saturated rings. The number of benzene rings is 2. The summed E-state index contributed by atoms with van der Waals surface area (Å²) < 4.78 is 13.2. The predicted molar refractivity (Wildman–Crippen MR) is 152 cm³/mol. The summed E-state index contributed by atoms with van der Waals surface area (Å²) in [7, 11) is -2.02. The van der Waals surface area contributed by atoms with Crippen molar-refractivity contribution in [2.45, 2.75) is 83.0 Å². The van der Waals surface area contributed by atoms with E-state index in [0.29, 0.717) is 23.1 Å². The minimum absolute atomic E-state index is 0.0428. The van der Waals surface area contributed by atoms with Crippen LogP contribution in [0.5, 0.6) is 0 Å². The molecular weight excluding hydrogens is 509 g/mol. The van der Waals surface area contributed by atoms with E-state index in [1.165, 1.54) is 0 Å². The Bertz CT molecular complexity index is 1050. The van der Waals surface area contributed by atoms with E-state index in [9.17, 15) is 4.79 Å². The van der Waals surface area contributed by atoms with E-state index in [1.807, 2.05) is 53.4 Å². The molecule has 0 bridgehead atoms. The maximum absolute atomic E-state index is 14.0. The number of amides is 1. The molecule has 0 saturated carbocycles. The fourth-order valence-electron chi connectivity index (χ4n) is 4.33. The van der Waals surface area contributed by atoms with Crippen LogP contribution in [0.1, 0.15) is 63.8 Å². The summed E-state index contributed by atoms with van der Waals surface area (Å²) in [4.78, 5) is 16.0. The number of carbonyl (C=O) groups is 1. The molecule has 1 amide bonds. The van der Waals surface area contributed by atoms with Gasteiger partial charge in [-0.05, 0) is 59.9 Å². The van der Waals surface area contributed by atoms with E-state index in [0.717, 1.165) is 17.5 Å². The van der Waals surface area contributed by atoms with Gasteiger partial charge >= 0.3 is 0 Å². The Hall–Kier alpha value is -1.63. The summed E-state index contributed by atoms with van der Waals surface area (Å²) in [5.74, 6) is -0.0428.